The number of aryl methyl sites for hydroxylation is 1. The minimum absolute atomic E-state index is 0.0623. The van der Waals surface area contributed by atoms with E-state index < -0.39 is 0 Å². The van der Waals surface area contributed by atoms with Gasteiger partial charge in [-0.1, -0.05) is 29.8 Å². The first-order valence-electron chi connectivity index (χ1n) is 9.54. The summed E-state index contributed by atoms with van der Waals surface area (Å²) in [5, 5.41) is 7.39. The Kier molecular flexibility index (Phi) is 5.06. The Bertz CT molecular complexity index is 1030. The largest absolute Gasteiger partial charge is 0.354 e. The summed E-state index contributed by atoms with van der Waals surface area (Å²) in [5.74, 6) is 0.583. The number of benzene rings is 1. The second kappa shape index (κ2) is 7.80. The number of rotatable bonds is 7. The van der Waals surface area contributed by atoms with Crippen LogP contribution >= 0.6 is 0 Å². The number of hydrogen-bond donors (Lipinski definition) is 1. The molecule has 0 bridgehead atoms. The molecule has 0 radical (unpaired) electrons. The Balaban J connectivity index is 1.42. The van der Waals surface area contributed by atoms with Crippen molar-refractivity contribution in [2.45, 2.75) is 38.8 Å². The first-order valence-corrected chi connectivity index (χ1v) is 9.54. The zero-order valence-electron chi connectivity index (χ0n) is 15.8. The van der Waals surface area contributed by atoms with Crippen LogP contribution in [0.5, 0.6) is 0 Å². The number of hydrogen-bond acceptors (Lipinski definition) is 4. The SMILES string of the molecule is Cc1cccc(CC(=O)NCCn2nc(-c3cccnc3)n(C3CC3)c2=O)c1. The van der Waals surface area contributed by atoms with Crippen LogP contribution in [-0.4, -0.2) is 31.8 Å². The Morgan fingerprint density at radius 2 is 2.11 bits per heavy atom. The average Bonchev–Trinajstić information content (AvgIpc) is 3.47. The molecule has 7 nitrogen and oxygen atoms in total. The van der Waals surface area contributed by atoms with Gasteiger partial charge in [-0.25, -0.2) is 9.48 Å². The maximum atomic E-state index is 12.8. The molecule has 0 spiro atoms. The highest BCUT2D eigenvalue weighted by Crippen LogP contribution is 2.36. The average molecular weight is 377 g/mol. The second-order valence-electron chi connectivity index (χ2n) is 7.19. The molecule has 144 valence electrons. The Labute approximate surface area is 163 Å². The van der Waals surface area contributed by atoms with Crippen molar-refractivity contribution in [3.8, 4) is 11.4 Å². The Hall–Kier alpha value is -3.22. The molecule has 0 aliphatic heterocycles. The summed E-state index contributed by atoms with van der Waals surface area (Å²) >= 11 is 0. The van der Waals surface area contributed by atoms with Crippen molar-refractivity contribution in [2.75, 3.05) is 6.54 Å². The zero-order chi connectivity index (χ0) is 19.5. The van der Waals surface area contributed by atoms with E-state index in [1.807, 2.05) is 43.3 Å². The van der Waals surface area contributed by atoms with Gasteiger partial charge in [0.2, 0.25) is 5.91 Å². The van der Waals surface area contributed by atoms with E-state index in [1.54, 1.807) is 17.0 Å². The lowest BCUT2D eigenvalue weighted by atomic mass is 10.1. The predicted molar refractivity (Wildman–Crippen MR) is 106 cm³/mol. The molecule has 0 atom stereocenters. The summed E-state index contributed by atoms with van der Waals surface area (Å²) < 4.78 is 3.19. The zero-order valence-corrected chi connectivity index (χ0v) is 15.8. The van der Waals surface area contributed by atoms with E-state index in [-0.39, 0.29) is 17.6 Å². The summed E-state index contributed by atoms with van der Waals surface area (Å²) in [6, 6.07) is 11.8. The molecule has 2 aromatic heterocycles. The second-order valence-corrected chi connectivity index (χ2v) is 7.19. The summed E-state index contributed by atoms with van der Waals surface area (Å²) in [7, 11) is 0. The number of pyridine rings is 1. The molecule has 0 unspecified atom stereocenters. The lowest BCUT2D eigenvalue weighted by Crippen LogP contribution is -2.32. The number of aromatic nitrogens is 4. The van der Waals surface area contributed by atoms with Gasteiger partial charge in [0.1, 0.15) is 0 Å². The molecule has 1 N–H and O–H groups in total. The van der Waals surface area contributed by atoms with E-state index in [1.165, 1.54) is 4.68 Å². The third-order valence-corrected chi connectivity index (χ3v) is 4.80. The van der Waals surface area contributed by atoms with E-state index in [2.05, 4.69) is 15.4 Å². The Morgan fingerprint density at radius 3 is 2.82 bits per heavy atom. The molecule has 28 heavy (non-hydrogen) atoms. The Morgan fingerprint density at radius 1 is 1.25 bits per heavy atom. The fraction of sp³-hybridized carbons (Fsp3) is 0.333. The highest BCUT2D eigenvalue weighted by Gasteiger charge is 2.30. The standard InChI is InChI=1S/C21H23N5O2/c1-15-4-2-5-16(12-15)13-19(27)23-10-11-25-21(28)26(18-7-8-18)20(24-25)17-6-3-9-22-14-17/h2-6,9,12,14,18H,7-8,10-11,13H2,1H3,(H,23,27). The van der Waals surface area contributed by atoms with Crippen molar-refractivity contribution in [1.29, 1.82) is 0 Å². The summed E-state index contributed by atoms with van der Waals surface area (Å²) in [4.78, 5) is 29.1. The maximum Gasteiger partial charge on any atom is 0.346 e. The molecule has 4 rings (SSSR count). The number of carbonyl (C=O) groups excluding carboxylic acids is 1. The molecular formula is C21H23N5O2. The fourth-order valence-electron chi connectivity index (χ4n) is 3.29. The normalized spacial score (nSPS) is 13.5. The maximum absolute atomic E-state index is 12.8. The molecule has 0 saturated heterocycles. The summed E-state index contributed by atoms with van der Waals surface area (Å²) in [6.07, 6.45) is 5.73. The van der Waals surface area contributed by atoms with Gasteiger partial charge >= 0.3 is 5.69 Å². The van der Waals surface area contributed by atoms with Gasteiger partial charge in [0.25, 0.3) is 0 Å². The quantitative estimate of drug-likeness (QED) is 0.684. The van der Waals surface area contributed by atoms with Gasteiger partial charge in [-0.15, -0.1) is 5.10 Å². The molecule has 1 fully saturated rings. The van der Waals surface area contributed by atoms with Gasteiger partial charge in [-0.2, -0.15) is 0 Å². The minimum Gasteiger partial charge on any atom is -0.354 e. The molecule has 1 aliphatic carbocycles. The van der Waals surface area contributed by atoms with Crippen LogP contribution in [0.25, 0.3) is 11.4 Å². The number of carbonyl (C=O) groups is 1. The van der Waals surface area contributed by atoms with Crippen molar-refractivity contribution in [3.05, 3.63) is 70.4 Å². The number of nitrogens with zero attached hydrogens (tertiary/aromatic N) is 4. The molecule has 1 aromatic carbocycles. The van der Waals surface area contributed by atoms with Gasteiger partial charge in [0, 0.05) is 30.5 Å². The van der Waals surface area contributed by atoms with Crippen molar-refractivity contribution in [3.63, 3.8) is 0 Å². The smallest absolute Gasteiger partial charge is 0.346 e. The van der Waals surface area contributed by atoms with Gasteiger partial charge in [0.05, 0.1) is 13.0 Å². The molecule has 3 aromatic rings. The third kappa shape index (κ3) is 4.03. The van der Waals surface area contributed by atoms with E-state index in [0.717, 1.165) is 29.5 Å². The van der Waals surface area contributed by atoms with Crippen LogP contribution in [-0.2, 0) is 17.8 Å². The van der Waals surface area contributed by atoms with E-state index >= 15 is 0 Å². The monoisotopic (exact) mass is 377 g/mol. The number of amides is 1. The van der Waals surface area contributed by atoms with Gasteiger partial charge in [-0.3, -0.25) is 14.3 Å². The van der Waals surface area contributed by atoms with Crippen LogP contribution < -0.4 is 11.0 Å². The van der Waals surface area contributed by atoms with Gasteiger partial charge < -0.3 is 5.32 Å². The molecule has 2 heterocycles. The van der Waals surface area contributed by atoms with Gasteiger partial charge in [-0.05, 0) is 37.5 Å². The minimum atomic E-state index is -0.130. The van der Waals surface area contributed by atoms with Crippen LogP contribution in [0, 0.1) is 6.92 Å². The third-order valence-electron chi connectivity index (χ3n) is 4.80. The van der Waals surface area contributed by atoms with Crippen molar-refractivity contribution < 1.29 is 4.79 Å². The first kappa shape index (κ1) is 18.2. The van der Waals surface area contributed by atoms with E-state index in [4.69, 9.17) is 0 Å². The lowest BCUT2D eigenvalue weighted by Gasteiger charge is -2.05. The van der Waals surface area contributed by atoms with Crippen molar-refractivity contribution in [2.24, 2.45) is 0 Å². The molecule has 7 heteroatoms. The van der Waals surface area contributed by atoms with Crippen molar-refractivity contribution >= 4 is 5.91 Å². The predicted octanol–water partition coefficient (Wildman–Crippen LogP) is 2.11. The lowest BCUT2D eigenvalue weighted by molar-refractivity contribution is -0.120. The highest BCUT2D eigenvalue weighted by atomic mass is 16.2. The van der Waals surface area contributed by atoms with Crippen LogP contribution in [0.1, 0.15) is 30.0 Å². The first-order chi connectivity index (χ1) is 13.6. The molecule has 1 aliphatic rings. The van der Waals surface area contributed by atoms with Crippen LogP contribution in [0.3, 0.4) is 0 Å². The van der Waals surface area contributed by atoms with Crippen LogP contribution in [0.15, 0.2) is 53.6 Å². The van der Waals surface area contributed by atoms with Gasteiger partial charge in [0.15, 0.2) is 5.82 Å². The van der Waals surface area contributed by atoms with Crippen LogP contribution in [0.2, 0.25) is 0 Å². The summed E-state index contributed by atoms with van der Waals surface area (Å²) in [6.45, 7) is 2.70. The molecule has 1 amide bonds. The topological polar surface area (TPSA) is 81.8 Å². The fourth-order valence-corrected chi connectivity index (χ4v) is 3.29. The van der Waals surface area contributed by atoms with Crippen LogP contribution in [0.4, 0.5) is 0 Å². The number of nitrogens with one attached hydrogen (secondary N) is 1. The summed E-state index contributed by atoms with van der Waals surface area (Å²) in [5.41, 5.74) is 2.81. The van der Waals surface area contributed by atoms with E-state index in [9.17, 15) is 9.59 Å². The highest BCUT2D eigenvalue weighted by molar-refractivity contribution is 5.78. The molecule has 1 saturated carbocycles. The molecular weight excluding hydrogens is 354 g/mol. The van der Waals surface area contributed by atoms with E-state index in [0.29, 0.717) is 25.3 Å². The van der Waals surface area contributed by atoms with Crippen molar-refractivity contribution in [1.82, 2.24) is 24.6 Å².